The van der Waals surface area contributed by atoms with E-state index in [-0.39, 0.29) is 6.61 Å². The van der Waals surface area contributed by atoms with Crippen LogP contribution in [0.15, 0.2) is 36.4 Å². The van der Waals surface area contributed by atoms with Gasteiger partial charge in [-0.3, -0.25) is 4.79 Å². The number of carbonyl (C=O) groups excluding carboxylic acids is 2. The Morgan fingerprint density at radius 3 is 2.62 bits per heavy atom. The monoisotopic (exact) mass is 347 g/mol. The average molecular weight is 348 g/mol. The predicted octanol–water partition coefficient (Wildman–Crippen LogP) is 3.76. The third-order valence-corrected chi connectivity index (χ3v) is 3.93. The van der Waals surface area contributed by atoms with E-state index in [4.69, 9.17) is 21.1 Å². The largest absolute Gasteiger partial charge is 0.496 e. The van der Waals surface area contributed by atoms with Gasteiger partial charge >= 0.3 is 5.97 Å². The Balaban J connectivity index is 1.96. The van der Waals surface area contributed by atoms with E-state index in [1.54, 1.807) is 43.3 Å². The minimum absolute atomic E-state index is 0.323. The Kier molecular flexibility index (Phi) is 5.82. The Morgan fingerprint density at radius 1 is 1.17 bits per heavy atom. The number of anilines is 1. The summed E-state index contributed by atoms with van der Waals surface area (Å²) in [6.45, 7) is 3.28. The molecule has 0 bridgehead atoms. The summed E-state index contributed by atoms with van der Waals surface area (Å²) in [5, 5.41) is 3.22. The molecule has 0 unspecified atom stereocenters. The topological polar surface area (TPSA) is 64.6 Å². The second-order valence-electron chi connectivity index (χ2n) is 5.22. The van der Waals surface area contributed by atoms with Crippen LogP contribution in [0.4, 0.5) is 5.69 Å². The minimum Gasteiger partial charge on any atom is -0.496 e. The highest BCUT2D eigenvalue weighted by molar-refractivity contribution is 6.31. The quantitative estimate of drug-likeness (QED) is 0.836. The number of esters is 1. The molecule has 2 aromatic rings. The molecular weight excluding hydrogens is 330 g/mol. The average Bonchev–Trinajstić information content (AvgIpc) is 2.57. The molecule has 0 saturated heterocycles. The Hall–Kier alpha value is -2.53. The molecule has 0 fully saturated rings. The summed E-state index contributed by atoms with van der Waals surface area (Å²) in [5.74, 6) is -0.442. The van der Waals surface area contributed by atoms with Crippen LogP contribution >= 0.6 is 11.6 Å². The van der Waals surface area contributed by atoms with Crippen LogP contribution < -0.4 is 10.1 Å². The molecule has 0 atom stereocenters. The molecule has 0 radical (unpaired) electrons. The second-order valence-corrected chi connectivity index (χ2v) is 5.63. The van der Waals surface area contributed by atoms with Crippen molar-refractivity contribution in [3.8, 4) is 5.75 Å². The fourth-order valence-electron chi connectivity index (χ4n) is 2.09. The molecule has 1 amide bonds. The van der Waals surface area contributed by atoms with Gasteiger partial charge < -0.3 is 14.8 Å². The summed E-state index contributed by atoms with van der Waals surface area (Å²) < 4.78 is 10.2. The van der Waals surface area contributed by atoms with Gasteiger partial charge in [-0.1, -0.05) is 23.7 Å². The fraction of sp³-hybridized carbons (Fsp3) is 0.222. The van der Waals surface area contributed by atoms with Crippen molar-refractivity contribution in [2.45, 2.75) is 13.8 Å². The van der Waals surface area contributed by atoms with Crippen LogP contribution in [0, 0.1) is 13.8 Å². The molecule has 0 aliphatic rings. The SMILES string of the molecule is COc1cc(C(=O)OCC(=O)Nc2cccc(Cl)c2C)ccc1C. The van der Waals surface area contributed by atoms with Crippen LogP contribution in [0.25, 0.3) is 0 Å². The summed E-state index contributed by atoms with van der Waals surface area (Å²) in [6, 6.07) is 10.2. The smallest absolute Gasteiger partial charge is 0.338 e. The predicted molar refractivity (Wildman–Crippen MR) is 92.8 cm³/mol. The van der Waals surface area contributed by atoms with E-state index in [2.05, 4.69) is 5.32 Å². The number of amides is 1. The standard InChI is InChI=1S/C18H18ClNO4/c1-11-7-8-13(9-16(11)23-3)18(22)24-10-17(21)20-15-6-4-5-14(19)12(15)2/h4-9H,10H2,1-3H3,(H,20,21). The molecule has 2 aromatic carbocycles. The van der Waals surface area contributed by atoms with E-state index in [0.29, 0.717) is 22.0 Å². The maximum Gasteiger partial charge on any atom is 0.338 e. The molecule has 0 saturated carbocycles. The van der Waals surface area contributed by atoms with Crippen molar-refractivity contribution in [1.29, 1.82) is 0 Å². The van der Waals surface area contributed by atoms with Crippen molar-refractivity contribution in [3.63, 3.8) is 0 Å². The summed E-state index contributed by atoms with van der Waals surface area (Å²) >= 11 is 6.00. The van der Waals surface area contributed by atoms with Crippen LogP contribution in [0.3, 0.4) is 0 Å². The number of benzene rings is 2. The zero-order valence-corrected chi connectivity index (χ0v) is 14.4. The first-order valence-corrected chi connectivity index (χ1v) is 7.67. The third kappa shape index (κ3) is 4.26. The zero-order valence-electron chi connectivity index (χ0n) is 13.7. The first-order chi connectivity index (χ1) is 11.4. The number of aryl methyl sites for hydroxylation is 1. The van der Waals surface area contributed by atoms with Crippen molar-refractivity contribution in [2.75, 3.05) is 19.0 Å². The van der Waals surface area contributed by atoms with Gasteiger partial charge in [-0.2, -0.15) is 0 Å². The molecule has 6 heteroatoms. The van der Waals surface area contributed by atoms with Gasteiger partial charge in [-0.05, 0) is 49.2 Å². The van der Waals surface area contributed by atoms with Crippen LogP contribution in [0.5, 0.6) is 5.75 Å². The Bertz CT molecular complexity index is 774. The third-order valence-electron chi connectivity index (χ3n) is 3.52. The summed E-state index contributed by atoms with van der Waals surface area (Å²) in [6.07, 6.45) is 0. The normalized spacial score (nSPS) is 10.2. The van der Waals surface area contributed by atoms with Gasteiger partial charge in [0, 0.05) is 10.7 Å². The Labute approximate surface area is 145 Å². The van der Waals surface area contributed by atoms with Crippen molar-refractivity contribution < 1.29 is 19.1 Å². The number of carbonyl (C=O) groups is 2. The first-order valence-electron chi connectivity index (χ1n) is 7.29. The lowest BCUT2D eigenvalue weighted by molar-refractivity contribution is -0.119. The van der Waals surface area contributed by atoms with Gasteiger partial charge in [-0.15, -0.1) is 0 Å². The molecule has 1 N–H and O–H groups in total. The van der Waals surface area contributed by atoms with Gasteiger partial charge in [0.2, 0.25) is 0 Å². The van der Waals surface area contributed by atoms with Crippen LogP contribution in [-0.2, 0) is 9.53 Å². The minimum atomic E-state index is -0.591. The lowest BCUT2D eigenvalue weighted by Gasteiger charge is -2.10. The van der Waals surface area contributed by atoms with Crippen LogP contribution in [-0.4, -0.2) is 25.6 Å². The highest BCUT2D eigenvalue weighted by Crippen LogP contribution is 2.23. The van der Waals surface area contributed by atoms with Gasteiger partial charge in [0.15, 0.2) is 6.61 Å². The van der Waals surface area contributed by atoms with Crippen LogP contribution in [0.1, 0.15) is 21.5 Å². The van der Waals surface area contributed by atoms with E-state index < -0.39 is 11.9 Å². The van der Waals surface area contributed by atoms with Gasteiger partial charge in [0.05, 0.1) is 12.7 Å². The van der Waals surface area contributed by atoms with Crippen molar-refractivity contribution in [1.82, 2.24) is 0 Å². The van der Waals surface area contributed by atoms with Gasteiger partial charge in [-0.25, -0.2) is 4.79 Å². The number of nitrogens with one attached hydrogen (secondary N) is 1. The molecule has 0 heterocycles. The van der Waals surface area contributed by atoms with Crippen molar-refractivity contribution in [2.24, 2.45) is 0 Å². The number of ether oxygens (including phenoxy) is 2. The molecule has 5 nitrogen and oxygen atoms in total. The number of methoxy groups -OCH3 is 1. The van der Waals surface area contributed by atoms with E-state index in [9.17, 15) is 9.59 Å². The van der Waals surface area contributed by atoms with Crippen molar-refractivity contribution in [3.05, 3.63) is 58.1 Å². The maximum absolute atomic E-state index is 12.0. The summed E-state index contributed by atoms with van der Waals surface area (Å²) in [4.78, 5) is 24.0. The number of hydrogen-bond acceptors (Lipinski definition) is 4. The zero-order chi connectivity index (χ0) is 17.7. The van der Waals surface area contributed by atoms with Crippen molar-refractivity contribution >= 4 is 29.2 Å². The highest BCUT2D eigenvalue weighted by Gasteiger charge is 2.13. The molecule has 0 aromatic heterocycles. The molecular formula is C18H18ClNO4. The Morgan fingerprint density at radius 2 is 1.92 bits per heavy atom. The fourth-order valence-corrected chi connectivity index (χ4v) is 2.27. The van der Waals surface area contributed by atoms with E-state index in [0.717, 1.165) is 11.1 Å². The number of rotatable bonds is 5. The molecule has 126 valence electrons. The van der Waals surface area contributed by atoms with E-state index in [1.165, 1.54) is 7.11 Å². The summed E-state index contributed by atoms with van der Waals surface area (Å²) in [7, 11) is 1.53. The van der Waals surface area contributed by atoms with E-state index in [1.807, 2.05) is 6.92 Å². The lowest BCUT2D eigenvalue weighted by Crippen LogP contribution is -2.21. The van der Waals surface area contributed by atoms with Gasteiger partial charge in [0.25, 0.3) is 5.91 Å². The molecule has 0 spiro atoms. The summed E-state index contributed by atoms with van der Waals surface area (Å²) in [5.41, 5.74) is 2.56. The number of halogens is 1. The lowest BCUT2D eigenvalue weighted by atomic mass is 10.1. The molecule has 2 rings (SSSR count). The highest BCUT2D eigenvalue weighted by atomic mass is 35.5. The molecule has 0 aliphatic heterocycles. The van der Waals surface area contributed by atoms with Crippen LogP contribution in [0.2, 0.25) is 5.02 Å². The first kappa shape index (κ1) is 17.8. The maximum atomic E-state index is 12.0. The number of hydrogen-bond donors (Lipinski definition) is 1. The molecule has 24 heavy (non-hydrogen) atoms. The molecule has 0 aliphatic carbocycles. The second kappa shape index (κ2) is 7.84. The van der Waals surface area contributed by atoms with Gasteiger partial charge in [0.1, 0.15) is 5.75 Å². The van der Waals surface area contributed by atoms with E-state index >= 15 is 0 Å².